The lowest BCUT2D eigenvalue weighted by Gasteiger charge is -2.45. The number of pyridine rings is 2. The van der Waals surface area contributed by atoms with Crippen molar-refractivity contribution in [2.45, 2.75) is 38.0 Å². The molecule has 7 aromatic rings. The molecule has 1 aliphatic carbocycles. The Morgan fingerprint density at radius 3 is 1.82 bits per heavy atom. The van der Waals surface area contributed by atoms with Crippen LogP contribution in [-0.2, 0) is 0 Å². The largest absolute Gasteiger partial charge is 0.311 e. The molecule has 5 heteroatoms. The van der Waals surface area contributed by atoms with Crippen molar-refractivity contribution >= 4 is 57.2 Å². The lowest BCUT2D eigenvalue weighted by Crippen LogP contribution is -2.61. The summed E-state index contributed by atoms with van der Waals surface area (Å²) >= 11 is 0. The molecule has 2 aromatic heterocycles. The SMILES string of the molecule is c1ccc(N2c3cc(-c4cccnc4)ccc3B3c4ccccc4N(c4cccc(-c5cccnc5)c4)c4cc(C5CCCCC5)cc2c43)cc1. The van der Waals surface area contributed by atoms with Crippen LogP contribution in [0.5, 0.6) is 0 Å². The van der Waals surface area contributed by atoms with Gasteiger partial charge in [0.05, 0.1) is 0 Å². The van der Waals surface area contributed by atoms with Crippen LogP contribution in [0.25, 0.3) is 22.3 Å². The van der Waals surface area contributed by atoms with Gasteiger partial charge in [0.25, 0.3) is 6.71 Å². The van der Waals surface area contributed by atoms with E-state index in [0.29, 0.717) is 5.92 Å². The Bertz CT molecular complexity index is 2350. The summed E-state index contributed by atoms with van der Waals surface area (Å²) in [4.78, 5) is 14.0. The van der Waals surface area contributed by atoms with Gasteiger partial charge in [-0.05, 0) is 113 Å². The Kier molecular flexibility index (Phi) is 7.30. The minimum atomic E-state index is 0.0854. The first-order valence-electron chi connectivity index (χ1n) is 18.3. The number of hydrogen-bond donors (Lipinski definition) is 0. The molecule has 0 radical (unpaired) electrons. The number of benzene rings is 5. The van der Waals surface area contributed by atoms with Crippen molar-refractivity contribution in [1.82, 2.24) is 9.97 Å². The molecule has 51 heavy (non-hydrogen) atoms. The molecule has 0 saturated heterocycles. The number of para-hydroxylation sites is 2. The highest BCUT2D eigenvalue weighted by Crippen LogP contribution is 2.47. The molecule has 1 fully saturated rings. The highest BCUT2D eigenvalue weighted by Gasteiger charge is 2.44. The molecule has 1 saturated carbocycles. The molecular weight excluding hydrogens is 619 g/mol. The predicted octanol–water partition coefficient (Wildman–Crippen LogP) is 9.94. The third kappa shape index (κ3) is 5.07. The summed E-state index contributed by atoms with van der Waals surface area (Å²) in [5, 5.41) is 0. The van der Waals surface area contributed by atoms with Crippen LogP contribution in [0.1, 0.15) is 43.6 Å². The monoisotopic (exact) mass is 656 g/mol. The summed E-state index contributed by atoms with van der Waals surface area (Å²) in [6, 6.07) is 49.5. The molecule has 4 heterocycles. The van der Waals surface area contributed by atoms with E-state index >= 15 is 0 Å². The first-order valence-corrected chi connectivity index (χ1v) is 18.3. The van der Waals surface area contributed by atoms with E-state index in [1.807, 2.05) is 36.9 Å². The molecule has 244 valence electrons. The number of nitrogens with zero attached hydrogens (tertiary/aromatic N) is 4. The molecule has 0 amide bonds. The number of rotatable bonds is 5. The summed E-state index contributed by atoms with van der Waals surface area (Å²) in [5.74, 6) is 0.542. The van der Waals surface area contributed by atoms with Gasteiger partial charge in [0.1, 0.15) is 0 Å². The maximum Gasteiger partial charge on any atom is 0.252 e. The van der Waals surface area contributed by atoms with E-state index in [-0.39, 0.29) is 6.71 Å². The fraction of sp³-hybridized carbons (Fsp3) is 0.130. The van der Waals surface area contributed by atoms with Gasteiger partial charge in [-0.2, -0.15) is 0 Å². The van der Waals surface area contributed by atoms with Gasteiger partial charge in [0.15, 0.2) is 0 Å². The smallest absolute Gasteiger partial charge is 0.252 e. The van der Waals surface area contributed by atoms with E-state index in [1.54, 1.807) is 0 Å². The van der Waals surface area contributed by atoms with Gasteiger partial charge >= 0.3 is 0 Å². The average molecular weight is 657 g/mol. The van der Waals surface area contributed by atoms with Crippen LogP contribution in [0, 0.1) is 0 Å². The van der Waals surface area contributed by atoms with Gasteiger partial charge in [0.2, 0.25) is 0 Å². The second-order valence-corrected chi connectivity index (χ2v) is 14.1. The highest BCUT2D eigenvalue weighted by atomic mass is 15.2. The average Bonchev–Trinajstić information content (AvgIpc) is 3.21. The Morgan fingerprint density at radius 1 is 0.471 bits per heavy atom. The minimum absolute atomic E-state index is 0.0854. The second kappa shape index (κ2) is 12.4. The minimum Gasteiger partial charge on any atom is -0.311 e. The van der Waals surface area contributed by atoms with Gasteiger partial charge in [-0.3, -0.25) is 9.97 Å². The van der Waals surface area contributed by atoms with Crippen LogP contribution in [-0.4, -0.2) is 16.7 Å². The number of anilines is 6. The quantitative estimate of drug-likeness (QED) is 0.173. The molecule has 0 N–H and O–H groups in total. The van der Waals surface area contributed by atoms with Crippen LogP contribution in [0.15, 0.2) is 158 Å². The van der Waals surface area contributed by atoms with Crippen molar-refractivity contribution in [1.29, 1.82) is 0 Å². The zero-order valence-corrected chi connectivity index (χ0v) is 28.5. The van der Waals surface area contributed by atoms with Crippen LogP contribution in [0.3, 0.4) is 0 Å². The molecule has 0 spiro atoms. The summed E-state index contributed by atoms with van der Waals surface area (Å²) in [6.45, 7) is 0.0854. The van der Waals surface area contributed by atoms with Crippen molar-refractivity contribution in [2.75, 3.05) is 9.80 Å². The van der Waals surface area contributed by atoms with E-state index in [2.05, 4.69) is 141 Å². The molecule has 2 aliphatic heterocycles. The summed E-state index contributed by atoms with van der Waals surface area (Å²) < 4.78 is 0. The number of hydrogen-bond acceptors (Lipinski definition) is 4. The van der Waals surface area contributed by atoms with Gasteiger partial charge < -0.3 is 9.80 Å². The highest BCUT2D eigenvalue weighted by molar-refractivity contribution is 7.00. The molecule has 0 atom stereocenters. The summed E-state index contributed by atoms with van der Waals surface area (Å²) in [5.41, 5.74) is 17.4. The van der Waals surface area contributed by atoms with Crippen molar-refractivity contribution in [3.63, 3.8) is 0 Å². The first kappa shape index (κ1) is 29.9. The topological polar surface area (TPSA) is 32.3 Å². The molecule has 10 rings (SSSR count). The van der Waals surface area contributed by atoms with Gasteiger partial charge in [0, 0.05) is 70.0 Å². The second-order valence-electron chi connectivity index (χ2n) is 14.1. The predicted molar refractivity (Wildman–Crippen MR) is 213 cm³/mol. The molecule has 3 aliphatic rings. The molecule has 4 nitrogen and oxygen atoms in total. The Hall–Kier alpha value is -5.94. The summed E-state index contributed by atoms with van der Waals surface area (Å²) in [6.07, 6.45) is 14.0. The molecular formula is C46H37BN4. The molecule has 0 unspecified atom stereocenters. The van der Waals surface area contributed by atoms with Crippen molar-refractivity contribution < 1.29 is 0 Å². The van der Waals surface area contributed by atoms with Crippen LogP contribution >= 0.6 is 0 Å². The Morgan fingerprint density at radius 2 is 1.10 bits per heavy atom. The number of aromatic nitrogens is 2. The Labute approximate surface area is 300 Å². The van der Waals surface area contributed by atoms with E-state index in [0.717, 1.165) is 22.4 Å². The van der Waals surface area contributed by atoms with Crippen molar-refractivity contribution in [2.24, 2.45) is 0 Å². The lowest BCUT2D eigenvalue weighted by molar-refractivity contribution is 0.444. The zero-order valence-electron chi connectivity index (χ0n) is 28.5. The van der Waals surface area contributed by atoms with Gasteiger partial charge in [-0.1, -0.05) is 92.1 Å². The van der Waals surface area contributed by atoms with E-state index in [4.69, 9.17) is 0 Å². The van der Waals surface area contributed by atoms with E-state index < -0.39 is 0 Å². The molecule has 5 aromatic carbocycles. The Balaban J connectivity index is 1.27. The van der Waals surface area contributed by atoms with E-state index in [1.165, 1.54) is 88.1 Å². The molecule has 0 bridgehead atoms. The van der Waals surface area contributed by atoms with Crippen molar-refractivity contribution in [3.8, 4) is 22.3 Å². The maximum absolute atomic E-state index is 4.47. The van der Waals surface area contributed by atoms with Gasteiger partial charge in [-0.15, -0.1) is 0 Å². The van der Waals surface area contributed by atoms with Crippen LogP contribution in [0.2, 0.25) is 0 Å². The summed E-state index contributed by atoms with van der Waals surface area (Å²) in [7, 11) is 0. The standard InChI is InChI=1S/C46H37BN4/c1-3-12-32(13-4-1)37-28-44-46-45(29-37)51(39-19-9-14-33(26-39)35-15-10-24-48-30-35)42-21-8-7-20-40(42)47(46)41-23-22-34(36-16-11-25-49-31-36)27-43(41)50(44)38-17-5-2-6-18-38/h2,5-11,14-32H,1,3-4,12-13H2. The maximum atomic E-state index is 4.47. The lowest BCUT2D eigenvalue weighted by atomic mass is 9.33. The van der Waals surface area contributed by atoms with Gasteiger partial charge in [-0.25, -0.2) is 0 Å². The van der Waals surface area contributed by atoms with Crippen LogP contribution in [0.4, 0.5) is 34.1 Å². The third-order valence-electron chi connectivity index (χ3n) is 11.2. The number of fused-ring (bicyclic) bond motifs is 4. The third-order valence-corrected chi connectivity index (χ3v) is 11.2. The van der Waals surface area contributed by atoms with Crippen LogP contribution < -0.4 is 26.2 Å². The first-order chi connectivity index (χ1) is 25.3. The normalized spacial score (nSPS) is 14.9. The van der Waals surface area contributed by atoms with Crippen molar-refractivity contribution in [3.05, 3.63) is 164 Å². The zero-order chi connectivity index (χ0) is 33.7. The van der Waals surface area contributed by atoms with E-state index in [9.17, 15) is 0 Å². The fourth-order valence-electron chi connectivity index (χ4n) is 8.84. The fourth-order valence-corrected chi connectivity index (χ4v) is 8.84.